The third-order valence-electron chi connectivity index (χ3n) is 3.78. The van der Waals surface area contributed by atoms with Crippen molar-refractivity contribution in [3.8, 4) is 0 Å². The van der Waals surface area contributed by atoms with Crippen LogP contribution in [-0.2, 0) is 11.3 Å². The number of non-ortho nitro benzene ring substituents is 1. The molecule has 1 aliphatic rings. The Kier molecular flexibility index (Phi) is 5.14. The summed E-state index contributed by atoms with van der Waals surface area (Å²) in [6.45, 7) is 9.22. The molecule has 1 N–H and O–H groups in total. The average molecular weight is 293 g/mol. The van der Waals surface area contributed by atoms with Gasteiger partial charge in [0.1, 0.15) is 0 Å². The minimum atomic E-state index is -0.343. The van der Waals surface area contributed by atoms with E-state index in [0.717, 1.165) is 24.3 Å². The van der Waals surface area contributed by atoms with Gasteiger partial charge in [0.25, 0.3) is 5.69 Å². The molecule has 1 aliphatic heterocycles. The Morgan fingerprint density at radius 2 is 2.24 bits per heavy atom. The van der Waals surface area contributed by atoms with Gasteiger partial charge in [-0.1, -0.05) is 0 Å². The molecule has 2 unspecified atom stereocenters. The number of nitro benzene ring substituents is 1. The summed E-state index contributed by atoms with van der Waals surface area (Å²) in [6.07, 6.45) is 0.197. The van der Waals surface area contributed by atoms with Gasteiger partial charge in [-0.15, -0.1) is 0 Å². The number of nitrogens with one attached hydrogen (secondary N) is 1. The molecule has 0 spiro atoms. The summed E-state index contributed by atoms with van der Waals surface area (Å²) in [5.41, 5.74) is 2.07. The zero-order valence-electron chi connectivity index (χ0n) is 12.8. The van der Waals surface area contributed by atoms with E-state index in [9.17, 15) is 10.1 Å². The van der Waals surface area contributed by atoms with E-state index >= 15 is 0 Å². The topological polar surface area (TPSA) is 67.6 Å². The largest absolute Gasteiger partial charge is 0.385 e. The van der Waals surface area contributed by atoms with Crippen LogP contribution in [0.3, 0.4) is 0 Å². The van der Waals surface area contributed by atoms with E-state index < -0.39 is 0 Å². The second-order valence-electron chi connectivity index (χ2n) is 5.55. The van der Waals surface area contributed by atoms with Gasteiger partial charge in [-0.2, -0.15) is 0 Å². The molecule has 0 saturated carbocycles. The van der Waals surface area contributed by atoms with Gasteiger partial charge < -0.3 is 10.1 Å². The fourth-order valence-corrected chi connectivity index (χ4v) is 2.60. The van der Waals surface area contributed by atoms with Crippen molar-refractivity contribution >= 4 is 11.4 Å². The predicted octanol–water partition coefficient (Wildman–Crippen LogP) is 2.64. The quantitative estimate of drug-likeness (QED) is 0.667. The Bertz CT molecular complexity index is 507. The molecule has 1 fully saturated rings. The smallest absolute Gasteiger partial charge is 0.269 e. The summed E-state index contributed by atoms with van der Waals surface area (Å²) in [5, 5.41) is 14.3. The summed E-state index contributed by atoms with van der Waals surface area (Å²) in [6, 6.07) is 5.33. The molecule has 2 rings (SSSR count). The number of hydrogen-bond donors (Lipinski definition) is 1. The lowest BCUT2D eigenvalue weighted by atomic mass is 10.1. The van der Waals surface area contributed by atoms with Crippen molar-refractivity contribution in [3.63, 3.8) is 0 Å². The molecule has 0 bridgehead atoms. The second-order valence-corrected chi connectivity index (χ2v) is 5.55. The van der Waals surface area contributed by atoms with Crippen LogP contribution in [0.25, 0.3) is 0 Å². The molecule has 21 heavy (non-hydrogen) atoms. The number of rotatable bonds is 5. The third kappa shape index (κ3) is 3.92. The van der Waals surface area contributed by atoms with Crippen molar-refractivity contribution in [2.75, 3.05) is 25.0 Å². The molecule has 6 nitrogen and oxygen atoms in total. The summed E-state index contributed by atoms with van der Waals surface area (Å²) in [4.78, 5) is 13.0. The van der Waals surface area contributed by atoms with Crippen LogP contribution >= 0.6 is 0 Å². The van der Waals surface area contributed by atoms with Crippen LogP contribution in [0.1, 0.15) is 26.3 Å². The lowest BCUT2D eigenvalue weighted by Gasteiger charge is -2.37. The maximum atomic E-state index is 11.0. The van der Waals surface area contributed by atoms with Gasteiger partial charge in [0.2, 0.25) is 0 Å². The molecule has 2 atom stereocenters. The summed E-state index contributed by atoms with van der Waals surface area (Å²) < 4.78 is 5.63. The standard InChI is InChI=1S/C15H23N3O3/c1-4-16-15-6-5-14(18(19)20)7-13(15)9-17-8-12(3)21-10-11(17)2/h5-7,11-12,16H,4,8-10H2,1-3H3. The van der Waals surface area contributed by atoms with Crippen LogP contribution in [0.5, 0.6) is 0 Å². The maximum absolute atomic E-state index is 11.0. The minimum absolute atomic E-state index is 0.139. The normalized spacial score (nSPS) is 23.0. The maximum Gasteiger partial charge on any atom is 0.269 e. The number of morpholine rings is 1. The van der Waals surface area contributed by atoms with Crippen LogP contribution in [0.4, 0.5) is 11.4 Å². The van der Waals surface area contributed by atoms with Crippen LogP contribution in [0.15, 0.2) is 18.2 Å². The Balaban J connectivity index is 2.23. The van der Waals surface area contributed by atoms with Crippen molar-refractivity contribution in [2.45, 2.75) is 39.5 Å². The highest BCUT2D eigenvalue weighted by Crippen LogP contribution is 2.25. The third-order valence-corrected chi connectivity index (χ3v) is 3.78. The fourth-order valence-electron chi connectivity index (χ4n) is 2.60. The monoisotopic (exact) mass is 293 g/mol. The Hall–Kier alpha value is -1.66. The van der Waals surface area contributed by atoms with E-state index in [1.54, 1.807) is 18.2 Å². The first kappa shape index (κ1) is 15.7. The molecule has 1 saturated heterocycles. The highest BCUT2D eigenvalue weighted by atomic mass is 16.6. The fraction of sp³-hybridized carbons (Fsp3) is 0.600. The van der Waals surface area contributed by atoms with Crippen molar-refractivity contribution in [3.05, 3.63) is 33.9 Å². The highest BCUT2D eigenvalue weighted by Gasteiger charge is 2.24. The van der Waals surface area contributed by atoms with E-state index in [0.29, 0.717) is 19.2 Å². The predicted molar refractivity (Wildman–Crippen MR) is 82.5 cm³/mol. The SMILES string of the molecule is CCNc1ccc([N+](=O)[O-])cc1CN1CC(C)OCC1C. The molecule has 0 aliphatic carbocycles. The van der Waals surface area contributed by atoms with Gasteiger partial charge >= 0.3 is 0 Å². The van der Waals surface area contributed by atoms with Crippen LogP contribution < -0.4 is 5.32 Å². The highest BCUT2D eigenvalue weighted by molar-refractivity contribution is 5.56. The van der Waals surface area contributed by atoms with Crippen LogP contribution in [-0.4, -0.2) is 41.7 Å². The summed E-state index contributed by atoms with van der Waals surface area (Å²) >= 11 is 0. The molecule has 1 aromatic carbocycles. The minimum Gasteiger partial charge on any atom is -0.385 e. The first-order chi connectivity index (χ1) is 10.0. The molecule has 0 aromatic heterocycles. The van der Waals surface area contributed by atoms with Gasteiger partial charge in [-0.25, -0.2) is 0 Å². The number of hydrogen-bond acceptors (Lipinski definition) is 5. The first-order valence-electron chi connectivity index (χ1n) is 7.38. The van der Waals surface area contributed by atoms with Gasteiger partial charge in [-0.05, 0) is 32.4 Å². The zero-order valence-corrected chi connectivity index (χ0v) is 12.8. The van der Waals surface area contributed by atoms with Gasteiger partial charge in [-0.3, -0.25) is 15.0 Å². The molecule has 0 radical (unpaired) electrons. The van der Waals surface area contributed by atoms with Crippen molar-refractivity contribution < 1.29 is 9.66 Å². The van der Waals surface area contributed by atoms with Crippen molar-refractivity contribution in [1.82, 2.24) is 4.90 Å². The van der Waals surface area contributed by atoms with Gasteiger partial charge in [0.15, 0.2) is 0 Å². The Labute approximate surface area is 125 Å². The molecule has 0 amide bonds. The molecular formula is C15H23N3O3. The van der Waals surface area contributed by atoms with Crippen LogP contribution in [0, 0.1) is 10.1 Å². The molecule has 1 heterocycles. The molecular weight excluding hydrogens is 270 g/mol. The number of benzene rings is 1. The number of nitrogens with zero attached hydrogens (tertiary/aromatic N) is 2. The van der Waals surface area contributed by atoms with Crippen LogP contribution in [0.2, 0.25) is 0 Å². The number of nitro groups is 1. The average Bonchev–Trinajstić information content (AvgIpc) is 2.44. The van der Waals surface area contributed by atoms with E-state index in [1.807, 2.05) is 6.92 Å². The van der Waals surface area contributed by atoms with E-state index in [4.69, 9.17) is 4.74 Å². The van der Waals surface area contributed by atoms with Gasteiger partial charge in [0.05, 0.1) is 17.6 Å². The van der Waals surface area contributed by atoms with E-state index in [1.165, 1.54) is 0 Å². The Morgan fingerprint density at radius 1 is 1.48 bits per heavy atom. The lowest BCUT2D eigenvalue weighted by molar-refractivity contribution is -0.384. The number of anilines is 1. The second kappa shape index (κ2) is 6.87. The summed E-state index contributed by atoms with van der Waals surface area (Å²) in [7, 11) is 0. The Morgan fingerprint density at radius 3 is 2.90 bits per heavy atom. The van der Waals surface area contributed by atoms with E-state index in [-0.39, 0.29) is 16.7 Å². The molecule has 116 valence electrons. The molecule has 6 heteroatoms. The van der Waals surface area contributed by atoms with E-state index in [2.05, 4.69) is 24.1 Å². The number of ether oxygens (including phenoxy) is 1. The zero-order chi connectivity index (χ0) is 15.4. The van der Waals surface area contributed by atoms with Gasteiger partial charge in [0, 0.05) is 43.5 Å². The lowest BCUT2D eigenvalue weighted by Crippen LogP contribution is -2.46. The first-order valence-corrected chi connectivity index (χ1v) is 7.38. The van der Waals surface area contributed by atoms with Crippen molar-refractivity contribution in [1.29, 1.82) is 0 Å². The molecule has 1 aromatic rings. The summed E-state index contributed by atoms with van der Waals surface area (Å²) in [5.74, 6) is 0. The van der Waals surface area contributed by atoms with Crippen molar-refractivity contribution in [2.24, 2.45) is 0 Å².